The van der Waals surface area contributed by atoms with Crippen molar-refractivity contribution >= 4 is 35.6 Å². The molecule has 0 unspecified atom stereocenters. The Morgan fingerprint density at radius 1 is 1.33 bits per heavy atom. The van der Waals surface area contributed by atoms with Crippen molar-refractivity contribution in [1.29, 1.82) is 0 Å². The molecule has 1 aliphatic rings. The van der Waals surface area contributed by atoms with E-state index < -0.39 is 11.4 Å². The lowest BCUT2D eigenvalue weighted by atomic mass is 9.89. The average molecular weight is 273 g/mol. The summed E-state index contributed by atoms with van der Waals surface area (Å²) in [6, 6.07) is 2.67. The maximum Gasteiger partial charge on any atom is 0.130 e. The summed E-state index contributed by atoms with van der Waals surface area (Å²) in [7, 11) is 0. The molecule has 1 aromatic carbocycles. The first-order chi connectivity index (χ1) is 6.54. The third kappa shape index (κ3) is 2.08. The first-order valence-corrected chi connectivity index (χ1v) is 4.81. The normalized spacial score (nSPS) is 17.9. The predicted octanol–water partition coefficient (Wildman–Crippen LogP) is 2.74. The minimum atomic E-state index is -0.827. The average Bonchev–Trinajstić information content (AvgIpc) is 2.09. The molecule has 0 radical (unpaired) electrons. The van der Waals surface area contributed by atoms with E-state index in [0.29, 0.717) is 5.02 Å². The molecule has 0 atom stereocenters. The van der Waals surface area contributed by atoms with Crippen LogP contribution < -0.4 is 5.73 Å². The van der Waals surface area contributed by atoms with E-state index in [2.05, 4.69) is 0 Å². The number of rotatable bonds is 1. The minimum absolute atomic E-state index is 0. The van der Waals surface area contributed by atoms with Crippen molar-refractivity contribution in [1.82, 2.24) is 0 Å². The van der Waals surface area contributed by atoms with Crippen LogP contribution in [0, 0.1) is 5.82 Å². The van der Waals surface area contributed by atoms with Gasteiger partial charge in [0, 0.05) is 5.56 Å². The van der Waals surface area contributed by atoms with Crippen molar-refractivity contribution in [3.63, 3.8) is 0 Å². The molecule has 2 nitrogen and oxygen atoms in total. The van der Waals surface area contributed by atoms with Crippen LogP contribution >= 0.6 is 35.6 Å². The van der Waals surface area contributed by atoms with Crippen LogP contribution in [0.4, 0.5) is 4.39 Å². The van der Waals surface area contributed by atoms with E-state index in [1.165, 1.54) is 12.1 Å². The number of halogens is 4. The fourth-order valence-electron chi connectivity index (χ4n) is 1.45. The van der Waals surface area contributed by atoms with Gasteiger partial charge in [0.05, 0.1) is 28.8 Å². The third-order valence-electron chi connectivity index (χ3n) is 2.26. The van der Waals surface area contributed by atoms with Crippen molar-refractivity contribution in [2.24, 2.45) is 5.73 Å². The lowest BCUT2D eigenvalue weighted by molar-refractivity contribution is -0.0584. The zero-order valence-corrected chi connectivity index (χ0v) is 9.93. The van der Waals surface area contributed by atoms with Gasteiger partial charge in [-0.15, -0.1) is 12.4 Å². The summed E-state index contributed by atoms with van der Waals surface area (Å²) in [4.78, 5) is 0. The van der Waals surface area contributed by atoms with Crippen molar-refractivity contribution in [2.45, 2.75) is 5.54 Å². The Kier molecular flexibility index (Phi) is 3.85. The number of ether oxygens (including phenoxy) is 1. The number of nitrogens with two attached hydrogens (primary N) is 1. The summed E-state index contributed by atoms with van der Waals surface area (Å²) < 4.78 is 18.4. The molecule has 84 valence electrons. The van der Waals surface area contributed by atoms with E-state index in [1.807, 2.05) is 0 Å². The molecule has 1 aliphatic heterocycles. The molecule has 1 aromatic rings. The van der Waals surface area contributed by atoms with Crippen LogP contribution in [-0.2, 0) is 10.3 Å². The van der Waals surface area contributed by atoms with E-state index in [9.17, 15) is 4.39 Å². The summed E-state index contributed by atoms with van der Waals surface area (Å²) in [6.07, 6.45) is 0. The van der Waals surface area contributed by atoms with Crippen molar-refractivity contribution in [3.05, 3.63) is 33.6 Å². The molecule has 1 fully saturated rings. The van der Waals surface area contributed by atoms with Crippen molar-refractivity contribution in [3.8, 4) is 0 Å². The third-order valence-corrected chi connectivity index (χ3v) is 3.07. The fraction of sp³-hybridized carbons (Fsp3) is 0.333. The Morgan fingerprint density at radius 2 is 1.93 bits per heavy atom. The first kappa shape index (κ1) is 13.0. The largest absolute Gasteiger partial charge is 0.377 e. The van der Waals surface area contributed by atoms with Gasteiger partial charge in [-0.25, -0.2) is 4.39 Å². The van der Waals surface area contributed by atoms with E-state index in [0.717, 1.165) is 0 Å². The topological polar surface area (TPSA) is 35.2 Å². The van der Waals surface area contributed by atoms with E-state index in [-0.39, 0.29) is 36.2 Å². The van der Waals surface area contributed by atoms with Crippen LogP contribution in [0.3, 0.4) is 0 Å². The SMILES string of the molecule is Cl.NC1(c2c(F)ccc(Cl)c2Cl)COC1. The quantitative estimate of drug-likeness (QED) is 0.798. The molecular formula is C9H9Cl3FNO. The standard InChI is InChI=1S/C9H8Cl2FNO.ClH/c10-5-1-2-6(12)7(8(5)11)9(13)3-14-4-9;/h1-2H,3-4,13H2;1H. The second-order valence-corrected chi connectivity index (χ2v) is 4.15. The zero-order chi connectivity index (χ0) is 10.3. The maximum atomic E-state index is 13.5. The molecule has 1 saturated heterocycles. The Morgan fingerprint density at radius 3 is 2.40 bits per heavy atom. The van der Waals surface area contributed by atoms with Crippen molar-refractivity contribution < 1.29 is 9.13 Å². The van der Waals surface area contributed by atoms with Gasteiger partial charge in [-0.05, 0) is 12.1 Å². The maximum absolute atomic E-state index is 13.5. The molecule has 2 N–H and O–H groups in total. The van der Waals surface area contributed by atoms with Crippen LogP contribution in [0.25, 0.3) is 0 Å². The molecule has 0 aliphatic carbocycles. The second kappa shape index (κ2) is 4.44. The predicted molar refractivity (Wildman–Crippen MR) is 60.4 cm³/mol. The fourth-order valence-corrected chi connectivity index (χ4v) is 1.95. The van der Waals surface area contributed by atoms with Gasteiger partial charge in [-0.2, -0.15) is 0 Å². The highest BCUT2D eigenvalue weighted by molar-refractivity contribution is 6.42. The minimum Gasteiger partial charge on any atom is -0.377 e. The molecule has 0 aromatic heterocycles. The van der Waals surface area contributed by atoms with Gasteiger partial charge in [0.25, 0.3) is 0 Å². The highest BCUT2D eigenvalue weighted by Crippen LogP contribution is 2.37. The Bertz CT molecular complexity index is 382. The van der Waals surface area contributed by atoms with Crippen LogP contribution in [0.5, 0.6) is 0 Å². The number of benzene rings is 1. The molecule has 6 heteroatoms. The molecule has 1 heterocycles. The van der Waals surface area contributed by atoms with Gasteiger partial charge < -0.3 is 10.5 Å². The summed E-state index contributed by atoms with van der Waals surface area (Å²) in [5, 5.41) is 0.484. The monoisotopic (exact) mass is 271 g/mol. The number of hydrogen-bond acceptors (Lipinski definition) is 2. The lowest BCUT2D eigenvalue weighted by Gasteiger charge is -2.38. The molecule has 15 heavy (non-hydrogen) atoms. The van der Waals surface area contributed by atoms with Gasteiger partial charge >= 0.3 is 0 Å². The molecule has 0 spiro atoms. The molecule has 0 saturated carbocycles. The summed E-state index contributed by atoms with van der Waals surface area (Å²) in [5.74, 6) is -0.440. The molecule has 0 amide bonds. The van der Waals surface area contributed by atoms with Gasteiger partial charge in [-0.1, -0.05) is 23.2 Å². The van der Waals surface area contributed by atoms with Crippen LogP contribution in [-0.4, -0.2) is 13.2 Å². The van der Waals surface area contributed by atoms with Gasteiger partial charge in [0.1, 0.15) is 5.82 Å². The molecular weight excluding hydrogens is 263 g/mol. The molecule has 2 rings (SSSR count). The van der Waals surface area contributed by atoms with E-state index in [1.54, 1.807) is 0 Å². The first-order valence-electron chi connectivity index (χ1n) is 4.05. The lowest BCUT2D eigenvalue weighted by Crippen LogP contribution is -2.55. The van der Waals surface area contributed by atoms with Crippen LogP contribution in [0.2, 0.25) is 10.0 Å². The molecule has 0 bridgehead atoms. The summed E-state index contributed by atoms with van der Waals surface area (Å²) in [5.41, 5.74) is 5.31. The summed E-state index contributed by atoms with van der Waals surface area (Å²) in [6.45, 7) is 0.536. The highest BCUT2D eigenvalue weighted by Gasteiger charge is 2.40. The second-order valence-electron chi connectivity index (χ2n) is 3.37. The van der Waals surface area contributed by atoms with Gasteiger partial charge in [0.2, 0.25) is 0 Å². The summed E-state index contributed by atoms with van der Waals surface area (Å²) >= 11 is 11.7. The highest BCUT2D eigenvalue weighted by atomic mass is 35.5. The van der Waals surface area contributed by atoms with Crippen LogP contribution in [0.15, 0.2) is 12.1 Å². The van der Waals surface area contributed by atoms with E-state index in [4.69, 9.17) is 33.7 Å². The zero-order valence-electron chi connectivity index (χ0n) is 7.60. The van der Waals surface area contributed by atoms with Crippen molar-refractivity contribution in [2.75, 3.05) is 13.2 Å². The van der Waals surface area contributed by atoms with Gasteiger partial charge in [0.15, 0.2) is 0 Å². The number of hydrogen-bond donors (Lipinski definition) is 1. The van der Waals surface area contributed by atoms with Gasteiger partial charge in [-0.3, -0.25) is 0 Å². The van der Waals surface area contributed by atoms with E-state index >= 15 is 0 Å². The Balaban J connectivity index is 0.00000112. The Labute approximate surface area is 103 Å². The smallest absolute Gasteiger partial charge is 0.130 e. The van der Waals surface area contributed by atoms with Crippen LogP contribution in [0.1, 0.15) is 5.56 Å². The Hall–Kier alpha value is -0.0600.